The highest BCUT2D eigenvalue weighted by atomic mass is 32.2. The lowest BCUT2D eigenvalue weighted by Crippen LogP contribution is -2.27. The molecule has 0 unspecified atom stereocenters. The first kappa shape index (κ1) is 13.6. The van der Waals surface area contributed by atoms with E-state index in [4.69, 9.17) is 5.11 Å². The van der Waals surface area contributed by atoms with E-state index in [1.807, 2.05) is 31.2 Å². The normalized spacial score (nSPS) is 9.94. The number of carbonyl (C=O) groups is 2. The number of rotatable bonds is 6. The topological polar surface area (TPSA) is 66.4 Å². The Morgan fingerprint density at radius 2 is 1.94 bits per heavy atom. The lowest BCUT2D eigenvalue weighted by atomic mass is 10.2. The van der Waals surface area contributed by atoms with Gasteiger partial charge in [0.15, 0.2) is 0 Å². The van der Waals surface area contributed by atoms with E-state index in [1.54, 1.807) is 0 Å². The van der Waals surface area contributed by atoms with Crippen molar-refractivity contribution in [1.29, 1.82) is 0 Å². The number of amides is 1. The standard InChI is InChI=1S/C12H15NO3S/c1-9-2-4-10(5-3-9)17-8-11(14)13-7-6-12(15)16/h2-5H,6-8H2,1H3,(H,13,14)(H,15,16). The molecule has 1 rings (SSSR count). The molecule has 5 heteroatoms. The van der Waals surface area contributed by atoms with Crippen molar-refractivity contribution >= 4 is 23.6 Å². The van der Waals surface area contributed by atoms with Crippen LogP contribution in [0.5, 0.6) is 0 Å². The van der Waals surface area contributed by atoms with Crippen molar-refractivity contribution in [3.05, 3.63) is 29.8 Å². The van der Waals surface area contributed by atoms with Crippen LogP contribution in [0.3, 0.4) is 0 Å². The van der Waals surface area contributed by atoms with Gasteiger partial charge in [0.1, 0.15) is 0 Å². The zero-order valence-electron chi connectivity index (χ0n) is 9.60. The second kappa shape index (κ2) is 6.96. The molecule has 0 fully saturated rings. The largest absolute Gasteiger partial charge is 0.481 e. The highest BCUT2D eigenvalue weighted by molar-refractivity contribution is 8.00. The Bertz CT molecular complexity index is 389. The van der Waals surface area contributed by atoms with Crippen LogP contribution >= 0.6 is 11.8 Å². The van der Waals surface area contributed by atoms with Crippen LogP contribution in [-0.4, -0.2) is 29.3 Å². The summed E-state index contributed by atoms with van der Waals surface area (Å²) in [7, 11) is 0. The van der Waals surface area contributed by atoms with Crippen LogP contribution in [0.15, 0.2) is 29.2 Å². The first-order valence-corrected chi connectivity index (χ1v) is 6.24. The predicted octanol–water partition coefficient (Wildman–Crippen LogP) is 1.68. The van der Waals surface area contributed by atoms with Crippen molar-refractivity contribution in [3.8, 4) is 0 Å². The molecule has 1 aromatic carbocycles. The summed E-state index contributed by atoms with van der Waals surface area (Å²) in [5.41, 5.74) is 1.18. The minimum absolute atomic E-state index is 0.0407. The summed E-state index contributed by atoms with van der Waals surface area (Å²) in [5, 5.41) is 11.0. The quantitative estimate of drug-likeness (QED) is 0.757. The summed E-state index contributed by atoms with van der Waals surface area (Å²) < 4.78 is 0. The van der Waals surface area contributed by atoms with Crippen LogP contribution in [0.2, 0.25) is 0 Å². The van der Waals surface area contributed by atoms with Crippen molar-refractivity contribution in [3.63, 3.8) is 0 Å². The molecule has 0 saturated heterocycles. The van der Waals surface area contributed by atoms with Gasteiger partial charge in [-0.15, -0.1) is 11.8 Å². The second-order valence-electron chi connectivity index (χ2n) is 3.60. The Labute approximate surface area is 104 Å². The number of hydrogen-bond acceptors (Lipinski definition) is 3. The molecule has 2 N–H and O–H groups in total. The molecule has 0 heterocycles. The van der Waals surface area contributed by atoms with Gasteiger partial charge in [0, 0.05) is 11.4 Å². The summed E-state index contributed by atoms with van der Waals surface area (Å²) in [6.45, 7) is 2.19. The number of aryl methyl sites for hydroxylation is 1. The number of benzene rings is 1. The third kappa shape index (κ3) is 5.97. The molecule has 0 aliphatic rings. The third-order valence-corrected chi connectivity index (χ3v) is 3.06. The van der Waals surface area contributed by atoms with Crippen LogP contribution in [0.25, 0.3) is 0 Å². The predicted molar refractivity (Wildman–Crippen MR) is 67.2 cm³/mol. The molecule has 0 aliphatic carbocycles. The van der Waals surface area contributed by atoms with Crippen LogP contribution < -0.4 is 5.32 Å². The molecule has 17 heavy (non-hydrogen) atoms. The van der Waals surface area contributed by atoms with Gasteiger partial charge in [-0.25, -0.2) is 0 Å². The summed E-state index contributed by atoms with van der Waals surface area (Å²) >= 11 is 1.44. The second-order valence-corrected chi connectivity index (χ2v) is 4.64. The van der Waals surface area contributed by atoms with Gasteiger partial charge in [0.05, 0.1) is 12.2 Å². The smallest absolute Gasteiger partial charge is 0.305 e. The zero-order valence-corrected chi connectivity index (χ0v) is 10.4. The minimum atomic E-state index is -0.906. The number of carbonyl (C=O) groups excluding carboxylic acids is 1. The van der Waals surface area contributed by atoms with Crippen molar-refractivity contribution in [2.24, 2.45) is 0 Å². The van der Waals surface area contributed by atoms with Gasteiger partial charge >= 0.3 is 5.97 Å². The summed E-state index contributed by atoms with van der Waals surface area (Å²) in [4.78, 5) is 22.6. The van der Waals surface area contributed by atoms with E-state index >= 15 is 0 Å². The maximum absolute atomic E-state index is 11.3. The van der Waals surface area contributed by atoms with E-state index < -0.39 is 5.97 Å². The van der Waals surface area contributed by atoms with E-state index in [-0.39, 0.29) is 18.9 Å². The van der Waals surface area contributed by atoms with Crippen molar-refractivity contribution < 1.29 is 14.7 Å². The van der Waals surface area contributed by atoms with Gasteiger partial charge < -0.3 is 10.4 Å². The third-order valence-electron chi connectivity index (χ3n) is 2.05. The molecule has 0 aliphatic heterocycles. The first-order chi connectivity index (χ1) is 8.08. The molecule has 1 aromatic rings. The molecule has 0 aromatic heterocycles. The number of thioether (sulfide) groups is 1. The highest BCUT2D eigenvalue weighted by Crippen LogP contribution is 2.17. The van der Waals surface area contributed by atoms with E-state index in [1.165, 1.54) is 17.3 Å². The molecule has 0 atom stereocenters. The van der Waals surface area contributed by atoms with Crippen LogP contribution in [0.4, 0.5) is 0 Å². The average molecular weight is 253 g/mol. The maximum Gasteiger partial charge on any atom is 0.305 e. The van der Waals surface area contributed by atoms with Gasteiger partial charge in [-0.05, 0) is 19.1 Å². The summed E-state index contributed by atoms with van der Waals surface area (Å²) in [6, 6.07) is 7.91. The summed E-state index contributed by atoms with van der Waals surface area (Å²) in [5.74, 6) is -0.740. The summed E-state index contributed by atoms with van der Waals surface area (Å²) in [6.07, 6.45) is -0.0407. The fraction of sp³-hybridized carbons (Fsp3) is 0.333. The Balaban J connectivity index is 2.23. The Morgan fingerprint density at radius 1 is 1.29 bits per heavy atom. The van der Waals surface area contributed by atoms with Crippen molar-refractivity contribution in [1.82, 2.24) is 5.32 Å². The maximum atomic E-state index is 11.3. The van der Waals surface area contributed by atoms with E-state index in [2.05, 4.69) is 5.32 Å². The number of carboxylic acids is 1. The molecular formula is C12H15NO3S. The lowest BCUT2D eigenvalue weighted by molar-refractivity contribution is -0.136. The van der Waals surface area contributed by atoms with Gasteiger partial charge in [-0.3, -0.25) is 9.59 Å². The van der Waals surface area contributed by atoms with Gasteiger partial charge in [0.2, 0.25) is 5.91 Å². The van der Waals surface area contributed by atoms with Crippen LogP contribution in [0, 0.1) is 6.92 Å². The fourth-order valence-electron chi connectivity index (χ4n) is 1.14. The molecule has 1 amide bonds. The molecule has 0 bridgehead atoms. The molecule has 92 valence electrons. The van der Waals surface area contributed by atoms with Gasteiger partial charge in [0.25, 0.3) is 0 Å². The van der Waals surface area contributed by atoms with E-state index in [0.29, 0.717) is 5.75 Å². The van der Waals surface area contributed by atoms with Gasteiger partial charge in [-0.2, -0.15) is 0 Å². The molecule has 4 nitrogen and oxygen atoms in total. The van der Waals surface area contributed by atoms with E-state index in [9.17, 15) is 9.59 Å². The average Bonchev–Trinajstić information content (AvgIpc) is 2.28. The van der Waals surface area contributed by atoms with Crippen LogP contribution in [-0.2, 0) is 9.59 Å². The van der Waals surface area contributed by atoms with E-state index in [0.717, 1.165) is 4.90 Å². The Kier molecular flexibility index (Phi) is 5.56. The Morgan fingerprint density at radius 3 is 2.53 bits per heavy atom. The van der Waals surface area contributed by atoms with Crippen LogP contribution in [0.1, 0.15) is 12.0 Å². The van der Waals surface area contributed by atoms with Crippen molar-refractivity contribution in [2.45, 2.75) is 18.2 Å². The highest BCUT2D eigenvalue weighted by Gasteiger charge is 2.03. The lowest BCUT2D eigenvalue weighted by Gasteiger charge is -2.03. The van der Waals surface area contributed by atoms with Gasteiger partial charge in [-0.1, -0.05) is 17.7 Å². The minimum Gasteiger partial charge on any atom is -0.481 e. The SMILES string of the molecule is Cc1ccc(SCC(=O)NCCC(=O)O)cc1. The molecule has 0 saturated carbocycles. The first-order valence-electron chi connectivity index (χ1n) is 5.26. The molecule has 0 spiro atoms. The monoisotopic (exact) mass is 253 g/mol. The van der Waals surface area contributed by atoms with Crippen molar-refractivity contribution in [2.75, 3.05) is 12.3 Å². The number of aliphatic carboxylic acids is 1. The Hall–Kier alpha value is -1.49. The number of nitrogens with one attached hydrogen (secondary N) is 1. The molecule has 0 radical (unpaired) electrons. The zero-order chi connectivity index (χ0) is 12.7. The molecular weight excluding hydrogens is 238 g/mol. The number of carboxylic acid groups (broad SMARTS) is 1. The fourth-order valence-corrected chi connectivity index (χ4v) is 1.87. The number of hydrogen-bond donors (Lipinski definition) is 2.